The first kappa shape index (κ1) is 20.4. The zero-order valence-corrected chi connectivity index (χ0v) is 16.0. The van der Waals surface area contributed by atoms with Crippen LogP contribution in [0.3, 0.4) is 0 Å². The maximum absolute atomic E-state index is 14.1. The average Bonchev–Trinajstić information content (AvgIpc) is 3.19. The lowest BCUT2D eigenvalue weighted by atomic mass is 9.97. The van der Waals surface area contributed by atoms with Crippen molar-refractivity contribution in [2.24, 2.45) is 5.92 Å². The highest BCUT2D eigenvalue weighted by atomic mass is 35.5. The normalized spacial score (nSPS) is 16.3. The minimum absolute atomic E-state index is 0. The summed E-state index contributed by atoms with van der Waals surface area (Å²) in [5.74, 6) is -0.283. The molecule has 1 fully saturated rings. The molecule has 5 nitrogen and oxygen atoms in total. The first-order valence-corrected chi connectivity index (χ1v) is 8.81. The molecule has 142 valence electrons. The molecular weight excluding hydrogens is 355 g/mol. The third-order valence-electron chi connectivity index (χ3n) is 4.67. The van der Waals surface area contributed by atoms with E-state index in [2.05, 4.69) is 15.7 Å². The Hall–Kier alpha value is -1.92. The Kier molecular flexibility index (Phi) is 7.17. The SMILES string of the molecule is Cc1cc(C)n(CCNC(=O)c2cc(CC3CCNC3)ccc2F)n1.Cl. The number of nitrogens with zero attached hydrogens (tertiary/aromatic N) is 2. The smallest absolute Gasteiger partial charge is 0.254 e. The van der Waals surface area contributed by atoms with Crippen LogP contribution in [0.5, 0.6) is 0 Å². The number of benzene rings is 1. The molecule has 1 atom stereocenters. The summed E-state index contributed by atoms with van der Waals surface area (Å²) in [7, 11) is 0. The Balaban J connectivity index is 0.00000243. The molecule has 1 aromatic carbocycles. The van der Waals surface area contributed by atoms with E-state index in [1.54, 1.807) is 12.1 Å². The van der Waals surface area contributed by atoms with E-state index in [0.717, 1.165) is 42.9 Å². The molecule has 1 unspecified atom stereocenters. The largest absolute Gasteiger partial charge is 0.350 e. The van der Waals surface area contributed by atoms with Crippen LogP contribution < -0.4 is 10.6 Å². The van der Waals surface area contributed by atoms with Gasteiger partial charge in [-0.15, -0.1) is 12.4 Å². The van der Waals surface area contributed by atoms with Crippen LogP contribution in [-0.4, -0.2) is 35.3 Å². The Morgan fingerprint density at radius 3 is 2.85 bits per heavy atom. The molecule has 3 rings (SSSR count). The molecule has 0 spiro atoms. The monoisotopic (exact) mass is 380 g/mol. The summed E-state index contributed by atoms with van der Waals surface area (Å²) < 4.78 is 15.9. The van der Waals surface area contributed by atoms with Crippen molar-refractivity contribution in [2.75, 3.05) is 19.6 Å². The fraction of sp³-hybridized carbons (Fsp3) is 0.474. The highest BCUT2D eigenvalue weighted by molar-refractivity contribution is 5.94. The Bertz CT molecular complexity index is 756. The van der Waals surface area contributed by atoms with Crippen LogP contribution in [0.15, 0.2) is 24.3 Å². The Morgan fingerprint density at radius 2 is 2.19 bits per heavy atom. The predicted octanol–water partition coefficient (Wildman–Crippen LogP) is 2.64. The van der Waals surface area contributed by atoms with E-state index in [9.17, 15) is 9.18 Å². The van der Waals surface area contributed by atoms with Crippen molar-refractivity contribution in [1.29, 1.82) is 0 Å². The number of hydrogen-bond donors (Lipinski definition) is 2. The molecule has 0 saturated carbocycles. The maximum atomic E-state index is 14.1. The average molecular weight is 381 g/mol. The summed E-state index contributed by atoms with van der Waals surface area (Å²) in [4.78, 5) is 12.3. The lowest BCUT2D eigenvalue weighted by Crippen LogP contribution is -2.28. The topological polar surface area (TPSA) is 59.0 Å². The lowest BCUT2D eigenvalue weighted by Gasteiger charge is -2.11. The number of nitrogens with one attached hydrogen (secondary N) is 2. The van der Waals surface area contributed by atoms with Gasteiger partial charge in [-0.05, 0) is 69.5 Å². The Morgan fingerprint density at radius 1 is 1.38 bits per heavy atom. The molecule has 2 N–H and O–H groups in total. The standard InChI is InChI=1S/C19H25FN4O.ClH/c1-13-9-14(2)24(23-13)8-7-22-19(25)17-11-15(3-4-18(17)20)10-16-5-6-21-12-16;/h3-4,9,11,16,21H,5-8,10,12H2,1-2H3,(H,22,25);1H. The van der Waals surface area contributed by atoms with Crippen molar-refractivity contribution >= 4 is 18.3 Å². The fourth-order valence-electron chi connectivity index (χ4n) is 3.37. The van der Waals surface area contributed by atoms with E-state index in [1.807, 2.05) is 24.6 Å². The van der Waals surface area contributed by atoms with Crippen molar-refractivity contribution in [3.05, 3.63) is 52.6 Å². The van der Waals surface area contributed by atoms with Gasteiger partial charge in [0.05, 0.1) is 17.8 Å². The number of aryl methyl sites for hydroxylation is 2. The van der Waals surface area contributed by atoms with Gasteiger partial charge in [0.2, 0.25) is 0 Å². The van der Waals surface area contributed by atoms with Gasteiger partial charge in [0.15, 0.2) is 0 Å². The Labute approximate surface area is 159 Å². The van der Waals surface area contributed by atoms with E-state index < -0.39 is 5.82 Å². The van der Waals surface area contributed by atoms with Gasteiger partial charge < -0.3 is 10.6 Å². The third kappa shape index (κ3) is 5.05. The van der Waals surface area contributed by atoms with Crippen LogP contribution in [0.25, 0.3) is 0 Å². The number of hydrogen-bond acceptors (Lipinski definition) is 3. The summed E-state index contributed by atoms with van der Waals surface area (Å²) in [6, 6.07) is 6.85. The van der Waals surface area contributed by atoms with Gasteiger partial charge in [-0.2, -0.15) is 5.10 Å². The summed E-state index contributed by atoms with van der Waals surface area (Å²) in [5.41, 5.74) is 3.13. The molecule has 2 heterocycles. The first-order valence-electron chi connectivity index (χ1n) is 8.81. The van der Waals surface area contributed by atoms with Crippen molar-refractivity contribution in [1.82, 2.24) is 20.4 Å². The molecule has 1 aliphatic rings. The lowest BCUT2D eigenvalue weighted by molar-refractivity contribution is 0.0947. The molecule has 26 heavy (non-hydrogen) atoms. The third-order valence-corrected chi connectivity index (χ3v) is 4.67. The highest BCUT2D eigenvalue weighted by Gasteiger charge is 2.17. The summed E-state index contributed by atoms with van der Waals surface area (Å²) >= 11 is 0. The van der Waals surface area contributed by atoms with E-state index in [1.165, 1.54) is 6.07 Å². The first-order chi connectivity index (χ1) is 12.0. The zero-order chi connectivity index (χ0) is 17.8. The van der Waals surface area contributed by atoms with Crippen LogP contribution in [-0.2, 0) is 13.0 Å². The van der Waals surface area contributed by atoms with Crippen LogP contribution in [0.2, 0.25) is 0 Å². The van der Waals surface area contributed by atoms with Gasteiger partial charge in [0.25, 0.3) is 5.91 Å². The summed E-state index contributed by atoms with van der Waals surface area (Å²) in [5, 5.41) is 10.5. The summed E-state index contributed by atoms with van der Waals surface area (Å²) in [6.07, 6.45) is 2.00. The molecule has 0 bridgehead atoms. The van der Waals surface area contributed by atoms with Crippen molar-refractivity contribution in [2.45, 2.75) is 33.2 Å². The minimum Gasteiger partial charge on any atom is -0.350 e. The number of carbonyl (C=O) groups is 1. The molecular formula is C19H26ClFN4O. The number of halogens is 2. The fourth-order valence-corrected chi connectivity index (χ4v) is 3.37. The van der Waals surface area contributed by atoms with Gasteiger partial charge in [-0.3, -0.25) is 9.48 Å². The van der Waals surface area contributed by atoms with Crippen molar-refractivity contribution < 1.29 is 9.18 Å². The highest BCUT2D eigenvalue weighted by Crippen LogP contribution is 2.18. The second kappa shape index (κ2) is 9.14. The minimum atomic E-state index is -0.475. The van der Waals surface area contributed by atoms with Crippen LogP contribution in [0.1, 0.15) is 33.7 Å². The number of aromatic nitrogens is 2. The van der Waals surface area contributed by atoms with E-state index in [-0.39, 0.29) is 23.9 Å². The van der Waals surface area contributed by atoms with Crippen LogP contribution in [0.4, 0.5) is 4.39 Å². The molecule has 1 saturated heterocycles. The van der Waals surface area contributed by atoms with Crippen LogP contribution in [0, 0.1) is 25.6 Å². The van der Waals surface area contributed by atoms with E-state index in [0.29, 0.717) is 19.0 Å². The van der Waals surface area contributed by atoms with Crippen LogP contribution >= 0.6 is 12.4 Å². The van der Waals surface area contributed by atoms with Gasteiger partial charge in [-0.1, -0.05) is 6.07 Å². The number of rotatable bonds is 6. The molecule has 1 aromatic heterocycles. The molecule has 7 heteroatoms. The second-order valence-corrected chi connectivity index (χ2v) is 6.78. The van der Waals surface area contributed by atoms with E-state index >= 15 is 0 Å². The predicted molar refractivity (Wildman–Crippen MR) is 102 cm³/mol. The second-order valence-electron chi connectivity index (χ2n) is 6.78. The summed E-state index contributed by atoms with van der Waals surface area (Å²) in [6.45, 7) is 6.91. The zero-order valence-electron chi connectivity index (χ0n) is 15.2. The van der Waals surface area contributed by atoms with E-state index in [4.69, 9.17) is 0 Å². The molecule has 1 amide bonds. The van der Waals surface area contributed by atoms with Gasteiger partial charge in [0.1, 0.15) is 5.82 Å². The van der Waals surface area contributed by atoms with Gasteiger partial charge in [0, 0.05) is 12.2 Å². The van der Waals surface area contributed by atoms with Crippen molar-refractivity contribution in [3.63, 3.8) is 0 Å². The van der Waals surface area contributed by atoms with Crippen molar-refractivity contribution in [3.8, 4) is 0 Å². The molecule has 0 aliphatic carbocycles. The molecule has 0 radical (unpaired) electrons. The number of amides is 1. The molecule has 1 aliphatic heterocycles. The maximum Gasteiger partial charge on any atom is 0.254 e. The molecule has 2 aromatic rings. The van der Waals surface area contributed by atoms with Gasteiger partial charge >= 0.3 is 0 Å². The van der Waals surface area contributed by atoms with Gasteiger partial charge in [-0.25, -0.2) is 4.39 Å². The quantitative estimate of drug-likeness (QED) is 0.810. The number of carbonyl (C=O) groups excluding carboxylic acids is 1.